The summed E-state index contributed by atoms with van der Waals surface area (Å²) >= 11 is 0. The lowest BCUT2D eigenvalue weighted by Gasteiger charge is -2.17. The van der Waals surface area contributed by atoms with Gasteiger partial charge in [-0.15, -0.1) is 0 Å². The van der Waals surface area contributed by atoms with Crippen molar-refractivity contribution in [2.75, 3.05) is 13.2 Å². The van der Waals surface area contributed by atoms with Crippen LogP contribution in [0, 0.1) is 24.7 Å². The third-order valence-electron chi connectivity index (χ3n) is 2.21. The van der Waals surface area contributed by atoms with E-state index >= 15 is 0 Å². The molecule has 58 valence electrons. The van der Waals surface area contributed by atoms with Crippen LogP contribution in [-0.4, -0.2) is 13.2 Å². The zero-order valence-electron chi connectivity index (χ0n) is 6.84. The van der Waals surface area contributed by atoms with Gasteiger partial charge in [0.05, 0.1) is 0 Å². The molecule has 0 aromatic rings. The van der Waals surface area contributed by atoms with E-state index in [0.29, 0.717) is 11.8 Å². The number of ether oxygens (including phenoxy) is 1. The van der Waals surface area contributed by atoms with Crippen molar-refractivity contribution in [1.82, 2.24) is 0 Å². The second-order valence-corrected chi connectivity index (χ2v) is 2.96. The number of hydrogen-bond donors (Lipinski definition) is 0. The molecule has 0 saturated carbocycles. The Bertz CT molecular complexity index is 90.7. The van der Waals surface area contributed by atoms with Crippen LogP contribution >= 0.6 is 0 Å². The van der Waals surface area contributed by atoms with Crippen molar-refractivity contribution < 1.29 is 4.74 Å². The summed E-state index contributed by atoms with van der Waals surface area (Å²) in [5.41, 5.74) is 0. The van der Waals surface area contributed by atoms with Gasteiger partial charge < -0.3 is 4.74 Å². The van der Waals surface area contributed by atoms with Crippen LogP contribution in [0.25, 0.3) is 0 Å². The minimum atomic E-state index is 0.641. The minimum Gasteiger partial charge on any atom is -0.381 e. The standard InChI is InChI=1S/C9H16O/c1-3-9-7-10-6-4-5-8(9)2/h3,5,8-9H,4,6-7H2,1-2H3. The molecule has 10 heavy (non-hydrogen) atoms. The summed E-state index contributed by atoms with van der Waals surface area (Å²) in [5.74, 6) is 1.34. The smallest absolute Gasteiger partial charge is 0.0499 e. The third kappa shape index (κ3) is 1.98. The third-order valence-corrected chi connectivity index (χ3v) is 2.21. The molecule has 1 heteroatoms. The zero-order valence-corrected chi connectivity index (χ0v) is 6.84. The average molecular weight is 140 g/mol. The molecule has 0 aromatic heterocycles. The predicted octanol–water partition coefficient (Wildman–Crippen LogP) is 2.09. The van der Waals surface area contributed by atoms with Crippen LogP contribution in [0.4, 0.5) is 0 Å². The van der Waals surface area contributed by atoms with Gasteiger partial charge in [-0.3, -0.25) is 0 Å². The molecule has 1 aliphatic rings. The summed E-state index contributed by atoms with van der Waals surface area (Å²) in [6.45, 7) is 6.20. The number of hydrogen-bond acceptors (Lipinski definition) is 1. The van der Waals surface area contributed by atoms with Crippen molar-refractivity contribution in [3.05, 3.63) is 12.8 Å². The Balaban J connectivity index is 2.35. The van der Waals surface area contributed by atoms with E-state index in [-0.39, 0.29) is 0 Å². The highest BCUT2D eigenvalue weighted by Crippen LogP contribution is 2.22. The highest BCUT2D eigenvalue weighted by atomic mass is 16.5. The largest absolute Gasteiger partial charge is 0.381 e. The molecule has 1 saturated heterocycles. The fourth-order valence-electron chi connectivity index (χ4n) is 1.36. The van der Waals surface area contributed by atoms with Crippen LogP contribution < -0.4 is 0 Å². The Morgan fingerprint density at radius 2 is 2.40 bits per heavy atom. The molecule has 1 fully saturated rings. The first-order chi connectivity index (χ1) is 4.84. The van der Waals surface area contributed by atoms with Crippen molar-refractivity contribution in [3.8, 4) is 0 Å². The Labute approximate surface area is 63.8 Å². The van der Waals surface area contributed by atoms with Crippen molar-refractivity contribution in [3.63, 3.8) is 0 Å². The van der Waals surface area contributed by atoms with E-state index in [1.807, 2.05) is 0 Å². The van der Waals surface area contributed by atoms with Crippen LogP contribution in [0.2, 0.25) is 0 Å². The van der Waals surface area contributed by atoms with Gasteiger partial charge in [0.15, 0.2) is 0 Å². The quantitative estimate of drug-likeness (QED) is 0.542. The first-order valence-electron chi connectivity index (χ1n) is 4.05. The van der Waals surface area contributed by atoms with Crippen LogP contribution in [0.3, 0.4) is 0 Å². The Kier molecular flexibility index (Phi) is 3.20. The van der Waals surface area contributed by atoms with E-state index in [1.165, 1.54) is 0 Å². The van der Waals surface area contributed by atoms with Crippen LogP contribution in [0.15, 0.2) is 0 Å². The van der Waals surface area contributed by atoms with E-state index in [4.69, 9.17) is 4.74 Å². The molecule has 1 rings (SSSR count). The average Bonchev–Trinajstić information content (AvgIpc) is 2.13. The summed E-state index contributed by atoms with van der Waals surface area (Å²) in [6.07, 6.45) is 5.72. The lowest BCUT2D eigenvalue weighted by atomic mass is 9.90. The fourth-order valence-corrected chi connectivity index (χ4v) is 1.36. The highest BCUT2D eigenvalue weighted by molar-refractivity contribution is 4.86. The van der Waals surface area contributed by atoms with E-state index < -0.39 is 0 Å². The van der Waals surface area contributed by atoms with Gasteiger partial charge in [0, 0.05) is 13.2 Å². The minimum absolute atomic E-state index is 0.641. The molecule has 2 radical (unpaired) electrons. The van der Waals surface area contributed by atoms with Gasteiger partial charge in [-0.2, -0.15) is 0 Å². The van der Waals surface area contributed by atoms with Gasteiger partial charge in [-0.05, 0) is 31.1 Å². The molecule has 0 amide bonds. The molecule has 0 N–H and O–H groups in total. The molecule has 2 atom stereocenters. The molecule has 1 aliphatic heterocycles. The Morgan fingerprint density at radius 3 is 3.10 bits per heavy atom. The summed E-state index contributed by atoms with van der Waals surface area (Å²) in [6, 6.07) is 0. The first-order valence-corrected chi connectivity index (χ1v) is 4.05. The number of rotatable bonds is 1. The summed E-state index contributed by atoms with van der Waals surface area (Å²) < 4.78 is 5.41. The molecule has 2 unspecified atom stereocenters. The summed E-state index contributed by atoms with van der Waals surface area (Å²) in [5, 5.41) is 0. The van der Waals surface area contributed by atoms with Crippen LogP contribution in [0.5, 0.6) is 0 Å². The van der Waals surface area contributed by atoms with Gasteiger partial charge in [-0.25, -0.2) is 0 Å². The SMILES string of the molecule is C[CH]C1COCC[CH]C1C. The summed E-state index contributed by atoms with van der Waals surface area (Å²) in [4.78, 5) is 0. The molecule has 0 bridgehead atoms. The van der Waals surface area contributed by atoms with Crippen molar-refractivity contribution >= 4 is 0 Å². The van der Waals surface area contributed by atoms with E-state index in [9.17, 15) is 0 Å². The van der Waals surface area contributed by atoms with Gasteiger partial charge in [0.1, 0.15) is 0 Å². The molecule has 0 aromatic carbocycles. The second-order valence-electron chi connectivity index (χ2n) is 2.96. The summed E-state index contributed by atoms with van der Waals surface area (Å²) in [7, 11) is 0. The normalized spacial score (nSPS) is 35.4. The first kappa shape index (κ1) is 8.06. The van der Waals surface area contributed by atoms with Crippen molar-refractivity contribution in [1.29, 1.82) is 0 Å². The molecule has 1 heterocycles. The lowest BCUT2D eigenvalue weighted by molar-refractivity contribution is 0.117. The van der Waals surface area contributed by atoms with Gasteiger partial charge in [0.2, 0.25) is 0 Å². The predicted molar refractivity (Wildman–Crippen MR) is 42.4 cm³/mol. The monoisotopic (exact) mass is 140 g/mol. The fraction of sp³-hybridized carbons (Fsp3) is 0.778. The lowest BCUT2D eigenvalue weighted by Crippen LogP contribution is -2.14. The van der Waals surface area contributed by atoms with E-state index in [0.717, 1.165) is 19.6 Å². The molecular formula is C9H16O. The highest BCUT2D eigenvalue weighted by Gasteiger charge is 2.18. The molecular weight excluding hydrogens is 124 g/mol. The maximum atomic E-state index is 5.41. The van der Waals surface area contributed by atoms with E-state index in [2.05, 4.69) is 26.7 Å². The van der Waals surface area contributed by atoms with Crippen molar-refractivity contribution in [2.45, 2.75) is 20.3 Å². The Hall–Kier alpha value is -0.0400. The molecule has 1 nitrogen and oxygen atoms in total. The van der Waals surface area contributed by atoms with Gasteiger partial charge >= 0.3 is 0 Å². The van der Waals surface area contributed by atoms with Gasteiger partial charge in [0.25, 0.3) is 0 Å². The molecule has 0 spiro atoms. The Morgan fingerprint density at radius 1 is 1.60 bits per heavy atom. The topological polar surface area (TPSA) is 9.23 Å². The molecule has 0 aliphatic carbocycles. The van der Waals surface area contributed by atoms with E-state index in [1.54, 1.807) is 0 Å². The zero-order chi connectivity index (χ0) is 7.40. The van der Waals surface area contributed by atoms with Gasteiger partial charge in [-0.1, -0.05) is 13.8 Å². The second kappa shape index (κ2) is 3.97. The van der Waals surface area contributed by atoms with Crippen LogP contribution in [-0.2, 0) is 4.74 Å². The maximum Gasteiger partial charge on any atom is 0.0499 e. The maximum absolute atomic E-state index is 5.41. The van der Waals surface area contributed by atoms with Crippen LogP contribution in [0.1, 0.15) is 20.3 Å². The van der Waals surface area contributed by atoms with Crippen molar-refractivity contribution in [2.24, 2.45) is 11.8 Å².